The van der Waals surface area contributed by atoms with E-state index in [1.807, 2.05) is 32.6 Å². The van der Waals surface area contributed by atoms with E-state index in [1.165, 1.54) is 13.0 Å². The Balaban J connectivity index is 4.13. The highest BCUT2D eigenvalue weighted by Gasteiger charge is 2.15. The number of amides is 1. The average Bonchev–Trinajstić information content (AvgIpc) is 2.12. The Morgan fingerprint density at radius 3 is 2.29 bits per heavy atom. The predicted molar refractivity (Wildman–Crippen MR) is 69.8 cm³/mol. The largest absolute Gasteiger partial charge is 0.350 e. The molecule has 0 aromatic carbocycles. The minimum atomic E-state index is -0.203. The molecule has 0 fully saturated rings. The fourth-order valence-electron chi connectivity index (χ4n) is 1.33. The van der Waals surface area contributed by atoms with Crippen LogP contribution in [0.2, 0.25) is 0 Å². The van der Waals surface area contributed by atoms with Crippen LogP contribution in [-0.4, -0.2) is 41.8 Å². The van der Waals surface area contributed by atoms with E-state index in [9.17, 15) is 9.59 Å². The third kappa shape index (κ3) is 9.75. The summed E-state index contributed by atoms with van der Waals surface area (Å²) >= 11 is 0. The third-order valence-electron chi connectivity index (χ3n) is 2.05. The second-order valence-electron chi connectivity index (χ2n) is 5.14. The molecule has 1 N–H and O–H groups in total. The maximum absolute atomic E-state index is 11.7. The third-order valence-corrected chi connectivity index (χ3v) is 2.05. The van der Waals surface area contributed by atoms with Gasteiger partial charge >= 0.3 is 0 Å². The van der Waals surface area contributed by atoms with E-state index in [0.29, 0.717) is 13.1 Å². The van der Waals surface area contributed by atoms with Crippen LogP contribution in [0.3, 0.4) is 0 Å². The zero-order valence-electron chi connectivity index (χ0n) is 11.5. The minimum absolute atomic E-state index is 0.00979. The van der Waals surface area contributed by atoms with Crippen molar-refractivity contribution < 1.29 is 9.59 Å². The number of carbonyl (C=O) groups is 2. The number of rotatable bonds is 6. The Hall–Kier alpha value is -1.16. The smallest absolute Gasteiger partial charge is 0.234 e. The van der Waals surface area contributed by atoms with Crippen molar-refractivity contribution in [2.24, 2.45) is 0 Å². The van der Waals surface area contributed by atoms with Crippen molar-refractivity contribution >= 4 is 11.7 Å². The van der Waals surface area contributed by atoms with Gasteiger partial charge in [-0.1, -0.05) is 13.0 Å². The van der Waals surface area contributed by atoms with Crippen LogP contribution in [0.25, 0.3) is 0 Å². The monoisotopic (exact) mass is 240 g/mol. The lowest BCUT2D eigenvalue weighted by Crippen LogP contribution is -2.46. The number of hydrogen-bond donors (Lipinski definition) is 1. The summed E-state index contributed by atoms with van der Waals surface area (Å²) in [6, 6.07) is 0. The van der Waals surface area contributed by atoms with Gasteiger partial charge in [-0.05, 0) is 40.3 Å². The van der Waals surface area contributed by atoms with Crippen LogP contribution < -0.4 is 5.32 Å². The SMILES string of the molecule is CCN(C/C=C/C(C)=O)CC(=O)NC(C)(C)C. The highest BCUT2D eigenvalue weighted by molar-refractivity contribution is 5.87. The van der Waals surface area contributed by atoms with Gasteiger partial charge in [0, 0.05) is 12.1 Å². The van der Waals surface area contributed by atoms with Gasteiger partial charge < -0.3 is 5.32 Å². The van der Waals surface area contributed by atoms with Gasteiger partial charge in [-0.15, -0.1) is 0 Å². The standard InChI is InChI=1S/C13H24N2O2/c1-6-15(9-7-8-11(2)16)10-12(17)14-13(3,4)5/h7-8H,6,9-10H2,1-5H3,(H,14,17)/b8-7+. The van der Waals surface area contributed by atoms with Gasteiger partial charge in [0.2, 0.25) is 5.91 Å². The lowest BCUT2D eigenvalue weighted by atomic mass is 10.1. The quantitative estimate of drug-likeness (QED) is 0.713. The van der Waals surface area contributed by atoms with E-state index in [-0.39, 0.29) is 17.2 Å². The van der Waals surface area contributed by atoms with Crippen molar-refractivity contribution in [1.29, 1.82) is 0 Å². The van der Waals surface area contributed by atoms with Gasteiger partial charge in [-0.3, -0.25) is 14.5 Å². The first-order valence-corrected chi connectivity index (χ1v) is 5.95. The number of hydrogen-bond acceptors (Lipinski definition) is 3. The Morgan fingerprint density at radius 2 is 1.88 bits per heavy atom. The number of nitrogens with zero attached hydrogens (tertiary/aromatic N) is 1. The first-order valence-electron chi connectivity index (χ1n) is 5.95. The molecule has 0 aromatic heterocycles. The summed E-state index contributed by atoms with van der Waals surface area (Å²) in [6.45, 7) is 11.1. The number of likely N-dealkylation sites (N-methyl/N-ethyl adjacent to an activating group) is 1. The molecule has 17 heavy (non-hydrogen) atoms. The minimum Gasteiger partial charge on any atom is -0.350 e. The second-order valence-corrected chi connectivity index (χ2v) is 5.14. The zero-order valence-corrected chi connectivity index (χ0v) is 11.5. The molecule has 0 aromatic rings. The molecule has 98 valence electrons. The van der Waals surface area contributed by atoms with E-state index in [1.54, 1.807) is 6.08 Å². The van der Waals surface area contributed by atoms with Crippen molar-refractivity contribution in [2.75, 3.05) is 19.6 Å². The summed E-state index contributed by atoms with van der Waals surface area (Å²) in [5.74, 6) is 0.0378. The van der Waals surface area contributed by atoms with E-state index < -0.39 is 0 Å². The molecule has 0 aliphatic heterocycles. The fraction of sp³-hybridized carbons (Fsp3) is 0.692. The van der Waals surface area contributed by atoms with E-state index in [4.69, 9.17) is 0 Å². The summed E-state index contributed by atoms with van der Waals surface area (Å²) in [5.41, 5.74) is -0.203. The van der Waals surface area contributed by atoms with Crippen LogP contribution in [0.4, 0.5) is 0 Å². The molecule has 0 bridgehead atoms. The topological polar surface area (TPSA) is 49.4 Å². The highest BCUT2D eigenvalue weighted by Crippen LogP contribution is 1.99. The summed E-state index contributed by atoms with van der Waals surface area (Å²) in [5, 5.41) is 2.91. The molecule has 0 spiro atoms. The molecule has 0 rings (SSSR count). The number of ketones is 1. The molecule has 0 aliphatic carbocycles. The molecule has 0 heterocycles. The first kappa shape index (κ1) is 15.8. The van der Waals surface area contributed by atoms with Crippen molar-refractivity contribution in [2.45, 2.75) is 40.2 Å². The van der Waals surface area contributed by atoms with Gasteiger partial charge in [0.25, 0.3) is 0 Å². The summed E-state index contributed by atoms with van der Waals surface area (Å²) in [7, 11) is 0. The molecular formula is C13H24N2O2. The number of nitrogens with one attached hydrogen (secondary N) is 1. The molecule has 0 unspecified atom stereocenters. The lowest BCUT2D eigenvalue weighted by Gasteiger charge is -2.24. The summed E-state index contributed by atoms with van der Waals surface area (Å²) in [4.78, 5) is 24.4. The average molecular weight is 240 g/mol. The molecule has 0 radical (unpaired) electrons. The highest BCUT2D eigenvalue weighted by atomic mass is 16.2. The van der Waals surface area contributed by atoms with Gasteiger partial charge in [-0.2, -0.15) is 0 Å². The van der Waals surface area contributed by atoms with Crippen molar-refractivity contribution in [1.82, 2.24) is 10.2 Å². The van der Waals surface area contributed by atoms with Crippen LogP contribution in [0, 0.1) is 0 Å². The molecule has 0 saturated carbocycles. The Morgan fingerprint density at radius 1 is 1.29 bits per heavy atom. The number of allylic oxidation sites excluding steroid dienone is 1. The van der Waals surface area contributed by atoms with Crippen molar-refractivity contribution in [3.05, 3.63) is 12.2 Å². The van der Waals surface area contributed by atoms with Gasteiger partial charge in [-0.25, -0.2) is 0 Å². The van der Waals surface area contributed by atoms with Crippen LogP contribution in [-0.2, 0) is 9.59 Å². The van der Waals surface area contributed by atoms with Gasteiger partial charge in [0.1, 0.15) is 0 Å². The first-order chi connectivity index (χ1) is 7.74. The molecule has 4 nitrogen and oxygen atoms in total. The van der Waals surface area contributed by atoms with Crippen LogP contribution in [0.15, 0.2) is 12.2 Å². The van der Waals surface area contributed by atoms with Crippen LogP contribution in [0.5, 0.6) is 0 Å². The maximum Gasteiger partial charge on any atom is 0.234 e. The fourth-order valence-corrected chi connectivity index (χ4v) is 1.33. The Labute approximate surface area is 104 Å². The van der Waals surface area contributed by atoms with Crippen molar-refractivity contribution in [3.8, 4) is 0 Å². The Bertz CT molecular complexity index is 290. The van der Waals surface area contributed by atoms with Crippen molar-refractivity contribution in [3.63, 3.8) is 0 Å². The molecule has 0 saturated heterocycles. The van der Waals surface area contributed by atoms with E-state index >= 15 is 0 Å². The normalized spacial score (nSPS) is 12.1. The maximum atomic E-state index is 11.7. The van der Waals surface area contributed by atoms with Gasteiger partial charge in [0.05, 0.1) is 6.54 Å². The molecule has 1 amide bonds. The van der Waals surface area contributed by atoms with Gasteiger partial charge in [0.15, 0.2) is 5.78 Å². The molecule has 4 heteroatoms. The molecule has 0 aliphatic rings. The van der Waals surface area contributed by atoms with Crippen LogP contribution in [0.1, 0.15) is 34.6 Å². The molecular weight excluding hydrogens is 216 g/mol. The molecule has 0 atom stereocenters. The number of carbonyl (C=O) groups excluding carboxylic acids is 2. The van der Waals surface area contributed by atoms with E-state index in [0.717, 1.165) is 6.54 Å². The van der Waals surface area contributed by atoms with E-state index in [2.05, 4.69) is 5.32 Å². The second kappa shape index (κ2) is 7.22. The van der Waals surface area contributed by atoms with Crippen LogP contribution >= 0.6 is 0 Å². The predicted octanol–water partition coefficient (Wildman–Crippen LogP) is 1.37. The Kier molecular flexibility index (Phi) is 6.73. The lowest BCUT2D eigenvalue weighted by molar-refractivity contribution is -0.123. The summed E-state index contributed by atoms with van der Waals surface area (Å²) in [6.07, 6.45) is 3.32. The zero-order chi connectivity index (χ0) is 13.5. The summed E-state index contributed by atoms with van der Waals surface area (Å²) < 4.78 is 0.